The Balaban J connectivity index is 5.20. The topological polar surface area (TPSA) is 237 Å². The van der Waals surface area contributed by atoms with Gasteiger partial charge in [0.25, 0.3) is 0 Å². The minimum atomic E-state index is -4.96. The van der Waals surface area contributed by atoms with Gasteiger partial charge in [0.1, 0.15) is 19.3 Å². The molecule has 0 amide bonds. The van der Waals surface area contributed by atoms with Crippen molar-refractivity contribution in [2.75, 3.05) is 39.6 Å². The molecule has 594 valence electrons. The molecule has 0 heterocycles. The van der Waals surface area contributed by atoms with E-state index in [1.54, 1.807) is 0 Å². The Labute approximate surface area is 613 Å². The summed E-state index contributed by atoms with van der Waals surface area (Å²) in [5, 5.41) is 10.6. The van der Waals surface area contributed by atoms with Crippen molar-refractivity contribution in [3.63, 3.8) is 0 Å². The van der Waals surface area contributed by atoms with Gasteiger partial charge in [0.15, 0.2) is 12.2 Å². The third kappa shape index (κ3) is 74.3. The lowest BCUT2D eigenvalue weighted by molar-refractivity contribution is -0.161. The van der Waals surface area contributed by atoms with Crippen molar-refractivity contribution in [3.8, 4) is 0 Å². The summed E-state index contributed by atoms with van der Waals surface area (Å²) in [7, 11) is -9.92. The summed E-state index contributed by atoms with van der Waals surface area (Å²) in [5.41, 5.74) is 0. The van der Waals surface area contributed by atoms with Crippen LogP contribution >= 0.6 is 15.6 Å². The van der Waals surface area contributed by atoms with Crippen molar-refractivity contribution in [2.45, 2.75) is 457 Å². The van der Waals surface area contributed by atoms with Crippen molar-refractivity contribution in [3.05, 3.63) is 0 Å². The number of unbranched alkanes of at least 4 members (excludes halogenated alkanes) is 56. The van der Waals surface area contributed by atoms with Crippen LogP contribution in [0, 0.1) is 0 Å². The fourth-order valence-electron chi connectivity index (χ4n) is 12.6. The predicted molar refractivity (Wildman–Crippen MR) is 409 cm³/mol. The zero-order valence-corrected chi connectivity index (χ0v) is 67.0. The second-order valence-electron chi connectivity index (χ2n) is 29.2. The molecule has 0 aromatic heterocycles. The lowest BCUT2D eigenvalue weighted by atomic mass is 10.0. The first kappa shape index (κ1) is 98.1. The van der Waals surface area contributed by atoms with Crippen LogP contribution in [0.2, 0.25) is 0 Å². The van der Waals surface area contributed by atoms with Gasteiger partial charge in [-0.05, 0) is 25.7 Å². The van der Waals surface area contributed by atoms with Crippen LogP contribution in [0.1, 0.15) is 439 Å². The summed E-state index contributed by atoms with van der Waals surface area (Å²) in [6.07, 6.45) is 67.9. The number of carbonyl (C=O) groups excluding carboxylic acids is 4. The number of carbonyl (C=O) groups is 4. The van der Waals surface area contributed by atoms with E-state index in [1.165, 1.54) is 270 Å². The monoisotopic (exact) mass is 1470 g/mol. The van der Waals surface area contributed by atoms with E-state index < -0.39 is 97.5 Å². The standard InChI is InChI=1S/C81H158O17P2/c1-5-9-13-17-21-25-29-33-35-36-37-38-39-40-41-42-44-48-52-56-60-64-68-81(86)98-77(72-92-79(84)66-62-58-54-50-47-43-34-30-26-22-18-14-10-6-2)74-96-100(89,90)94-70-75(82)69-93-99(87,88)95-73-76(97-80(85)67-63-59-55-51-46-32-28-24-20-16-12-8-4)71-91-78(83)65-61-57-53-49-45-31-27-23-19-15-11-7-3/h75-77,82H,5-74H2,1-4H3,(H,87,88)(H,89,90)/t75-,76+,77+/m0/s1. The maximum atomic E-state index is 13.1. The summed E-state index contributed by atoms with van der Waals surface area (Å²) in [5.74, 6) is -2.10. The van der Waals surface area contributed by atoms with Crippen molar-refractivity contribution < 1.29 is 80.2 Å². The minimum Gasteiger partial charge on any atom is -0.462 e. The SMILES string of the molecule is CCCCCCCCCCCCCCCCCCCCCCCCC(=O)O[C@H](COC(=O)CCCCCCCCCCCCCCCC)COP(=O)(O)OC[C@@H](O)COP(=O)(O)OC[C@@H](COC(=O)CCCCCCCCCCCCCC)OC(=O)CCCCCCCCCCCCCC. The molecule has 0 aliphatic rings. The average Bonchev–Trinajstić information content (AvgIpc) is 0.924. The van der Waals surface area contributed by atoms with E-state index in [9.17, 15) is 43.2 Å². The van der Waals surface area contributed by atoms with E-state index in [0.29, 0.717) is 25.7 Å². The molecule has 0 saturated heterocycles. The first-order valence-corrected chi connectivity index (χ1v) is 45.3. The van der Waals surface area contributed by atoms with Gasteiger partial charge in [-0.25, -0.2) is 9.13 Å². The molecule has 0 spiro atoms. The molecule has 100 heavy (non-hydrogen) atoms. The van der Waals surface area contributed by atoms with E-state index in [4.69, 9.17) is 37.0 Å². The molecule has 0 aliphatic heterocycles. The molecular formula is C81H158O17P2. The molecule has 0 rings (SSSR count). The van der Waals surface area contributed by atoms with E-state index in [-0.39, 0.29) is 25.7 Å². The van der Waals surface area contributed by atoms with Gasteiger partial charge in [-0.15, -0.1) is 0 Å². The van der Waals surface area contributed by atoms with Crippen molar-refractivity contribution in [1.82, 2.24) is 0 Å². The number of esters is 4. The average molecular weight is 1470 g/mol. The number of phosphoric acid groups is 2. The van der Waals surface area contributed by atoms with Gasteiger partial charge in [-0.3, -0.25) is 37.3 Å². The maximum absolute atomic E-state index is 13.1. The van der Waals surface area contributed by atoms with Crippen LogP contribution in [-0.4, -0.2) is 96.7 Å². The Morgan fingerprint density at radius 1 is 0.240 bits per heavy atom. The fraction of sp³-hybridized carbons (Fsp3) is 0.951. The van der Waals surface area contributed by atoms with Gasteiger partial charge in [-0.1, -0.05) is 387 Å². The Kier molecular flexibility index (Phi) is 73.8. The molecule has 19 heteroatoms. The molecular weight excluding hydrogens is 1310 g/mol. The van der Waals surface area contributed by atoms with Crippen LogP contribution in [0.15, 0.2) is 0 Å². The zero-order valence-electron chi connectivity index (χ0n) is 65.2. The number of hydrogen-bond donors (Lipinski definition) is 3. The van der Waals surface area contributed by atoms with Crippen LogP contribution in [0.3, 0.4) is 0 Å². The summed E-state index contributed by atoms with van der Waals surface area (Å²) in [6, 6.07) is 0. The number of aliphatic hydroxyl groups excluding tert-OH is 1. The van der Waals surface area contributed by atoms with Gasteiger partial charge < -0.3 is 33.8 Å². The molecule has 0 aliphatic carbocycles. The molecule has 0 aromatic carbocycles. The highest BCUT2D eigenvalue weighted by molar-refractivity contribution is 7.47. The second kappa shape index (κ2) is 75.3. The Bertz CT molecular complexity index is 1890. The van der Waals surface area contributed by atoms with Gasteiger partial charge in [0.05, 0.1) is 26.4 Å². The molecule has 0 radical (unpaired) electrons. The molecule has 0 fully saturated rings. The zero-order chi connectivity index (χ0) is 73.2. The van der Waals surface area contributed by atoms with Gasteiger partial charge in [0, 0.05) is 25.7 Å². The van der Waals surface area contributed by atoms with Crippen LogP contribution in [0.4, 0.5) is 0 Å². The number of ether oxygens (including phenoxy) is 4. The molecule has 17 nitrogen and oxygen atoms in total. The van der Waals surface area contributed by atoms with Gasteiger partial charge >= 0.3 is 39.5 Å². The number of phosphoric ester groups is 2. The van der Waals surface area contributed by atoms with E-state index in [0.717, 1.165) is 89.9 Å². The second-order valence-corrected chi connectivity index (χ2v) is 32.1. The van der Waals surface area contributed by atoms with Crippen LogP contribution in [0.25, 0.3) is 0 Å². The largest absolute Gasteiger partial charge is 0.472 e. The number of rotatable bonds is 82. The first-order chi connectivity index (χ1) is 48.7. The van der Waals surface area contributed by atoms with Crippen LogP contribution < -0.4 is 0 Å². The molecule has 5 atom stereocenters. The normalized spacial score (nSPS) is 13.8. The first-order valence-electron chi connectivity index (χ1n) is 42.3. The van der Waals surface area contributed by atoms with Crippen molar-refractivity contribution >= 4 is 39.5 Å². The summed E-state index contributed by atoms with van der Waals surface area (Å²) >= 11 is 0. The molecule has 2 unspecified atom stereocenters. The van der Waals surface area contributed by atoms with Crippen molar-refractivity contribution in [1.29, 1.82) is 0 Å². The molecule has 0 bridgehead atoms. The maximum Gasteiger partial charge on any atom is 0.472 e. The quantitative estimate of drug-likeness (QED) is 0.0222. The Hall–Kier alpha value is -1.94. The van der Waals surface area contributed by atoms with Gasteiger partial charge in [0.2, 0.25) is 0 Å². The lowest BCUT2D eigenvalue weighted by Gasteiger charge is -2.21. The lowest BCUT2D eigenvalue weighted by Crippen LogP contribution is -2.30. The van der Waals surface area contributed by atoms with Gasteiger partial charge in [-0.2, -0.15) is 0 Å². The minimum absolute atomic E-state index is 0.108. The molecule has 0 aromatic rings. The van der Waals surface area contributed by atoms with Crippen LogP contribution in [0.5, 0.6) is 0 Å². The number of aliphatic hydroxyl groups is 1. The third-order valence-corrected chi connectivity index (χ3v) is 21.0. The van der Waals surface area contributed by atoms with Crippen molar-refractivity contribution in [2.24, 2.45) is 0 Å². The summed E-state index contributed by atoms with van der Waals surface area (Å²) in [4.78, 5) is 73.0. The Morgan fingerprint density at radius 2 is 0.400 bits per heavy atom. The van der Waals surface area contributed by atoms with E-state index >= 15 is 0 Å². The summed E-state index contributed by atoms with van der Waals surface area (Å²) < 4.78 is 68.7. The fourth-order valence-corrected chi connectivity index (χ4v) is 14.2. The van der Waals surface area contributed by atoms with E-state index in [2.05, 4.69) is 27.7 Å². The summed E-state index contributed by atoms with van der Waals surface area (Å²) in [6.45, 7) is 5.02. The highest BCUT2D eigenvalue weighted by atomic mass is 31.2. The predicted octanol–water partition coefficient (Wildman–Crippen LogP) is 24.6. The highest BCUT2D eigenvalue weighted by Crippen LogP contribution is 2.45. The molecule has 3 N–H and O–H groups in total. The van der Waals surface area contributed by atoms with Crippen LogP contribution in [-0.2, 0) is 65.4 Å². The smallest absolute Gasteiger partial charge is 0.462 e. The Morgan fingerprint density at radius 3 is 0.590 bits per heavy atom. The highest BCUT2D eigenvalue weighted by Gasteiger charge is 2.30. The van der Waals surface area contributed by atoms with E-state index in [1.807, 2.05) is 0 Å². The molecule has 0 saturated carbocycles. The third-order valence-electron chi connectivity index (χ3n) is 19.1. The number of hydrogen-bond acceptors (Lipinski definition) is 15.